The van der Waals surface area contributed by atoms with Crippen LogP contribution in [0.4, 0.5) is 24.7 Å². The molecule has 0 bridgehead atoms. The van der Waals surface area contributed by atoms with E-state index >= 15 is 0 Å². The topological polar surface area (TPSA) is 46.4 Å². The van der Waals surface area contributed by atoms with Gasteiger partial charge in [-0.25, -0.2) is 9.83 Å². The molecule has 0 radical (unpaired) electrons. The predicted molar refractivity (Wildman–Crippen MR) is 52.9 cm³/mol. The van der Waals surface area contributed by atoms with E-state index < -0.39 is 12.1 Å². The first-order chi connectivity index (χ1) is 7.34. The molecule has 4 nitrogen and oxygen atoms in total. The second-order valence-electron chi connectivity index (χ2n) is 2.59. The number of hydrogen-bond donors (Lipinski definition) is 1. The number of rotatable bonds is 1. The number of aromatic nitrogens is 1. The third-order valence-electron chi connectivity index (χ3n) is 1.45. The van der Waals surface area contributed by atoms with Crippen molar-refractivity contribution in [3.05, 3.63) is 28.2 Å². The Morgan fingerprint density at radius 3 is 2.62 bits per heavy atom. The molecular weight excluding hydrogens is 291 g/mol. The van der Waals surface area contributed by atoms with Crippen molar-refractivity contribution in [1.29, 1.82) is 0 Å². The first kappa shape index (κ1) is 12.4. The highest BCUT2D eigenvalue weighted by atomic mass is 79.9. The molecule has 0 aromatic carbocycles. The van der Waals surface area contributed by atoms with Crippen LogP contribution in [-0.2, 0) is 4.79 Å². The van der Waals surface area contributed by atoms with Gasteiger partial charge in [-0.2, -0.15) is 13.2 Å². The van der Waals surface area contributed by atoms with E-state index in [0.717, 1.165) is 6.20 Å². The first-order valence-corrected chi connectivity index (χ1v) is 4.55. The highest BCUT2D eigenvalue weighted by Gasteiger charge is 2.39. The maximum Gasteiger partial charge on any atom is 0.471 e. The molecule has 0 saturated heterocycles. The zero-order chi connectivity index (χ0) is 12.3. The summed E-state index contributed by atoms with van der Waals surface area (Å²) in [6.07, 6.45) is -3.91. The molecule has 0 aliphatic heterocycles. The van der Waals surface area contributed by atoms with Crippen LogP contribution < -0.4 is 5.32 Å². The zero-order valence-electron chi connectivity index (χ0n) is 7.47. The summed E-state index contributed by atoms with van der Waals surface area (Å²) in [5, 5.41) is 1.58. The number of alkyl halides is 3. The Labute approximate surface area is 96.4 Å². The van der Waals surface area contributed by atoms with E-state index in [1.54, 1.807) is 5.32 Å². The van der Waals surface area contributed by atoms with Crippen LogP contribution in [0.1, 0.15) is 0 Å². The first-order valence-electron chi connectivity index (χ1n) is 3.76. The van der Waals surface area contributed by atoms with Gasteiger partial charge in [0.05, 0.1) is 6.57 Å². The van der Waals surface area contributed by atoms with Crippen LogP contribution in [0, 0.1) is 6.57 Å². The van der Waals surface area contributed by atoms with Gasteiger partial charge in [-0.15, -0.1) is 0 Å². The van der Waals surface area contributed by atoms with Crippen LogP contribution in [0.3, 0.4) is 0 Å². The lowest BCUT2D eigenvalue weighted by Crippen LogP contribution is -2.30. The predicted octanol–water partition coefficient (Wildman–Crippen LogP) is 2.90. The molecule has 1 amide bonds. The van der Waals surface area contributed by atoms with E-state index in [9.17, 15) is 18.0 Å². The number of hydrogen-bond acceptors (Lipinski definition) is 2. The van der Waals surface area contributed by atoms with Crippen molar-refractivity contribution in [3.63, 3.8) is 0 Å². The van der Waals surface area contributed by atoms with E-state index in [1.807, 2.05) is 0 Å². The van der Waals surface area contributed by atoms with Gasteiger partial charge in [-0.05, 0) is 22.0 Å². The number of halogens is 4. The minimum absolute atomic E-state index is 0.110. The van der Waals surface area contributed by atoms with E-state index in [4.69, 9.17) is 6.57 Å². The number of nitrogens with one attached hydrogen (secondary N) is 1. The van der Waals surface area contributed by atoms with Crippen molar-refractivity contribution in [2.45, 2.75) is 6.18 Å². The Balaban J connectivity index is 2.92. The highest BCUT2D eigenvalue weighted by Crippen LogP contribution is 2.26. The fraction of sp³-hybridized carbons (Fsp3) is 0.125. The summed E-state index contributed by atoms with van der Waals surface area (Å²) in [6, 6.07) is 1.26. The summed E-state index contributed by atoms with van der Waals surface area (Å²) >= 11 is 2.90. The van der Waals surface area contributed by atoms with Crippen LogP contribution >= 0.6 is 15.9 Å². The molecule has 1 aromatic rings. The zero-order valence-corrected chi connectivity index (χ0v) is 9.06. The summed E-state index contributed by atoms with van der Waals surface area (Å²) < 4.78 is 35.8. The van der Waals surface area contributed by atoms with Gasteiger partial charge in [-0.1, -0.05) is 0 Å². The summed E-state index contributed by atoms with van der Waals surface area (Å²) in [5.41, 5.74) is 0.150. The quantitative estimate of drug-likeness (QED) is 0.809. The Hall–Kier alpha value is -1.62. The molecule has 16 heavy (non-hydrogen) atoms. The normalized spacial score (nSPS) is 10.7. The third kappa shape index (κ3) is 2.93. The lowest BCUT2D eigenvalue weighted by molar-refractivity contribution is -0.167. The maximum absolute atomic E-state index is 11.9. The van der Waals surface area contributed by atoms with Gasteiger partial charge < -0.3 is 5.32 Å². The molecule has 0 saturated carbocycles. The average Bonchev–Trinajstić information content (AvgIpc) is 2.19. The second kappa shape index (κ2) is 4.49. The Morgan fingerprint density at radius 2 is 2.19 bits per heavy atom. The molecular formula is C8H3BrF3N3O. The number of nitrogens with zero attached hydrogens (tertiary/aromatic N) is 2. The maximum atomic E-state index is 11.9. The van der Waals surface area contributed by atoms with Crippen molar-refractivity contribution < 1.29 is 18.0 Å². The number of anilines is 1. The summed E-state index contributed by atoms with van der Waals surface area (Å²) in [7, 11) is 0. The molecule has 1 N–H and O–H groups in total. The SMILES string of the molecule is [C-]#[N+]c1cnc(NC(=O)C(F)(F)F)c(Br)c1. The van der Waals surface area contributed by atoms with Crippen molar-refractivity contribution in [2.75, 3.05) is 5.32 Å². The van der Waals surface area contributed by atoms with Crippen LogP contribution in [-0.4, -0.2) is 17.1 Å². The molecule has 1 heterocycles. The number of amides is 1. The van der Waals surface area contributed by atoms with Gasteiger partial charge in [0.1, 0.15) is 5.82 Å². The van der Waals surface area contributed by atoms with Gasteiger partial charge in [-0.3, -0.25) is 4.79 Å². The van der Waals surface area contributed by atoms with Crippen LogP contribution in [0.15, 0.2) is 16.7 Å². The molecule has 0 fully saturated rings. The van der Waals surface area contributed by atoms with Gasteiger partial charge >= 0.3 is 12.1 Å². The summed E-state index contributed by atoms with van der Waals surface area (Å²) in [6.45, 7) is 6.65. The van der Waals surface area contributed by atoms with Crippen molar-refractivity contribution in [1.82, 2.24) is 4.98 Å². The van der Waals surface area contributed by atoms with Crippen LogP contribution in [0.25, 0.3) is 4.85 Å². The van der Waals surface area contributed by atoms with Crippen LogP contribution in [0.2, 0.25) is 0 Å². The van der Waals surface area contributed by atoms with Crippen molar-refractivity contribution in [3.8, 4) is 0 Å². The summed E-state index contributed by atoms with van der Waals surface area (Å²) in [5.74, 6) is -2.40. The molecule has 1 rings (SSSR count). The Morgan fingerprint density at radius 1 is 1.56 bits per heavy atom. The highest BCUT2D eigenvalue weighted by molar-refractivity contribution is 9.10. The van der Waals surface area contributed by atoms with Crippen molar-refractivity contribution >= 4 is 33.3 Å². The smallest absolute Gasteiger partial charge is 0.302 e. The molecule has 8 heteroatoms. The molecule has 0 unspecified atom stereocenters. The fourth-order valence-corrected chi connectivity index (χ4v) is 1.20. The molecule has 0 aliphatic carbocycles. The monoisotopic (exact) mass is 293 g/mol. The second-order valence-corrected chi connectivity index (χ2v) is 3.44. The van der Waals surface area contributed by atoms with Crippen LogP contribution in [0.5, 0.6) is 0 Å². The lowest BCUT2D eigenvalue weighted by Gasteiger charge is -2.08. The van der Waals surface area contributed by atoms with E-state index in [0.29, 0.717) is 0 Å². The average molecular weight is 294 g/mol. The van der Waals surface area contributed by atoms with E-state index in [-0.39, 0.29) is 16.0 Å². The largest absolute Gasteiger partial charge is 0.471 e. The summed E-state index contributed by atoms with van der Waals surface area (Å²) in [4.78, 5) is 17.1. The minimum atomic E-state index is -4.97. The van der Waals surface area contributed by atoms with Gasteiger partial charge in [0.15, 0.2) is 0 Å². The Kier molecular flexibility index (Phi) is 3.49. The standard InChI is InChI=1S/C8H3BrF3N3O/c1-13-4-2-5(9)6(14-3-4)15-7(16)8(10,11)12/h2-3H,(H,14,15,16). The number of carbonyl (C=O) groups is 1. The lowest BCUT2D eigenvalue weighted by atomic mass is 10.4. The van der Waals surface area contributed by atoms with Gasteiger partial charge in [0.25, 0.3) is 0 Å². The Bertz CT molecular complexity index is 467. The van der Waals surface area contributed by atoms with Crippen molar-refractivity contribution in [2.24, 2.45) is 0 Å². The molecule has 0 spiro atoms. The van der Waals surface area contributed by atoms with Gasteiger partial charge in [0.2, 0.25) is 5.69 Å². The molecule has 84 valence electrons. The molecule has 0 atom stereocenters. The molecule has 1 aromatic heterocycles. The van der Waals surface area contributed by atoms with E-state index in [2.05, 4.69) is 25.8 Å². The molecule has 0 aliphatic rings. The number of pyridine rings is 1. The fourth-order valence-electron chi connectivity index (χ4n) is 0.759. The van der Waals surface area contributed by atoms with E-state index in [1.165, 1.54) is 6.07 Å². The number of carbonyl (C=O) groups excluding carboxylic acids is 1. The van der Waals surface area contributed by atoms with Gasteiger partial charge in [0, 0.05) is 10.7 Å². The third-order valence-corrected chi connectivity index (χ3v) is 2.05. The minimum Gasteiger partial charge on any atom is -0.302 e.